The first-order chi connectivity index (χ1) is 13.7. The molecule has 3 heterocycles. The third kappa shape index (κ3) is 4.37. The number of halogens is 5. The van der Waals surface area contributed by atoms with E-state index in [-0.39, 0.29) is 35.3 Å². The van der Waals surface area contributed by atoms with Crippen LogP contribution in [0.2, 0.25) is 0 Å². The number of benzene rings is 1. The molecule has 30 heavy (non-hydrogen) atoms. The van der Waals surface area contributed by atoms with Gasteiger partial charge in [0.05, 0.1) is 15.6 Å². The van der Waals surface area contributed by atoms with Gasteiger partial charge >= 0.3 is 6.18 Å². The summed E-state index contributed by atoms with van der Waals surface area (Å²) in [6.45, 7) is 1.20. The van der Waals surface area contributed by atoms with E-state index in [9.17, 15) is 18.0 Å². The highest BCUT2D eigenvalue weighted by molar-refractivity contribution is 9.10. The van der Waals surface area contributed by atoms with E-state index in [1.165, 1.54) is 18.3 Å². The van der Waals surface area contributed by atoms with Gasteiger partial charge in [0, 0.05) is 31.0 Å². The molecule has 1 fully saturated rings. The summed E-state index contributed by atoms with van der Waals surface area (Å²) >= 11 is 3.36. The summed E-state index contributed by atoms with van der Waals surface area (Å²) in [4.78, 5) is 25.8. The number of aromatic nitrogens is 3. The number of hydrogen-bond donors (Lipinski definition) is 3. The van der Waals surface area contributed by atoms with Gasteiger partial charge in [0.2, 0.25) is 5.95 Å². The maximum absolute atomic E-state index is 13.0. The van der Waals surface area contributed by atoms with Crippen LogP contribution in [0.1, 0.15) is 12.0 Å². The lowest BCUT2D eigenvalue weighted by Gasteiger charge is -2.18. The minimum Gasteiger partial charge on any atom is -0.339 e. The van der Waals surface area contributed by atoms with E-state index in [4.69, 9.17) is 5.73 Å². The number of nitrogens with one attached hydrogen (secondary N) is 2. The maximum atomic E-state index is 13.0. The van der Waals surface area contributed by atoms with Crippen molar-refractivity contribution in [2.75, 3.05) is 23.3 Å². The first-order valence-corrected chi connectivity index (χ1v) is 9.55. The fourth-order valence-corrected chi connectivity index (χ4v) is 3.62. The quantitative estimate of drug-likeness (QED) is 0.501. The fourth-order valence-electron chi connectivity index (χ4n) is 3.22. The van der Waals surface area contributed by atoms with Crippen molar-refractivity contribution in [3.8, 4) is 0 Å². The minimum absolute atomic E-state index is 0. The van der Waals surface area contributed by atoms with Crippen molar-refractivity contribution in [1.29, 1.82) is 0 Å². The molecule has 7 nitrogen and oxygen atoms in total. The Morgan fingerprint density at radius 2 is 2.07 bits per heavy atom. The van der Waals surface area contributed by atoms with E-state index in [1.54, 1.807) is 0 Å². The Kier molecular flexibility index (Phi) is 6.25. The van der Waals surface area contributed by atoms with E-state index in [1.807, 2.05) is 4.90 Å². The van der Waals surface area contributed by atoms with Gasteiger partial charge in [0.1, 0.15) is 11.2 Å². The number of alkyl halides is 3. The number of nitrogens with zero attached hydrogens (tertiary/aromatic N) is 3. The zero-order valence-corrected chi connectivity index (χ0v) is 17.7. The fraction of sp³-hybridized carbons (Fsp3) is 0.278. The molecule has 1 unspecified atom stereocenters. The van der Waals surface area contributed by atoms with Crippen molar-refractivity contribution in [3.05, 3.63) is 50.9 Å². The van der Waals surface area contributed by atoms with Crippen molar-refractivity contribution in [1.82, 2.24) is 15.0 Å². The molecule has 1 aliphatic rings. The van der Waals surface area contributed by atoms with Crippen LogP contribution < -0.4 is 21.5 Å². The average molecular weight is 506 g/mol. The van der Waals surface area contributed by atoms with E-state index < -0.39 is 17.3 Å². The number of anilines is 3. The SMILES string of the molecule is Cl.NC1CCN(c2nc(Nc3cccc(C(F)(F)F)c3)c3c(=O)[nH]cc(Br)c3n2)C1. The first-order valence-electron chi connectivity index (χ1n) is 8.76. The summed E-state index contributed by atoms with van der Waals surface area (Å²) in [6, 6.07) is 4.68. The summed E-state index contributed by atoms with van der Waals surface area (Å²) < 4.78 is 39.7. The highest BCUT2D eigenvalue weighted by Crippen LogP contribution is 2.33. The predicted molar refractivity (Wildman–Crippen MR) is 115 cm³/mol. The van der Waals surface area contributed by atoms with Crippen molar-refractivity contribution in [2.24, 2.45) is 5.73 Å². The molecular weight excluding hydrogens is 489 g/mol. The van der Waals surface area contributed by atoms with Gasteiger partial charge in [-0.3, -0.25) is 4.79 Å². The standard InChI is InChI=1S/C18H16BrF3N6O.ClH/c19-12-7-24-16(29)13-14(12)26-17(28-5-4-10(23)8-28)27-15(13)25-11-3-1-2-9(6-11)18(20,21)22;/h1-3,6-7,10H,4-5,8,23H2,(H,24,29)(H,25,26,27);1H. The zero-order valence-electron chi connectivity index (χ0n) is 15.3. The largest absolute Gasteiger partial charge is 0.416 e. The highest BCUT2D eigenvalue weighted by Gasteiger charge is 2.30. The Balaban J connectivity index is 0.00000256. The molecule has 0 spiro atoms. The normalized spacial score (nSPS) is 16.6. The topological polar surface area (TPSA) is 99.9 Å². The van der Waals surface area contributed by atoms with Gasteiger partial charge in [-0.2, -0.15) is 18.2 Å². The Labute approximate surface area is 183 Å². The Hall–Kier alpha value is -2.37. The minimum atomic E-state index is -4.48. The Morgan fingerprint density at radius 1 is 1.30 bits per heavy atom. The molecule has 12 heteroatoms. The second-order valence-corrected chi connectivity index (χ2v) is 7.61. The number of rotatable bonds is 3. The second kappa shape index (κ2) is 8.40. The van der Waals surface area contributed by atoms with Gasteiger partial charge < -0.3 is 20.9 Å². The van der Waals surface area contributed by atoms with E-state index in [0.29, 0.717) is 29.0 Å². The van der Waals surface area contributed by atoms with Crippen LogP contribution >= 0.6 is 28.3 Å². The van der Waals surface area contributed by atoms with Crippen LogP contribution in [0, 0.1) is 0 Å². The predicted octanol–water partition coefficient (Wildman–Crippen LogP) is 3.80. The number of H-pyrrole nitrogens is 1. The lowest BCUT2D eigenvalue weighted by molar-refractivity contribution is -0.137. The molecule has 0 radical (unpaired) electrons. The van der Waals surface area contributed by atoms with Crippen molar-refractivity contribution in [2.45, 2.75) is 18.6 Å². The summed E-state index contributed by atoms with van der Waals surface area (Å²) in [5.41, 5.74) is 5.22. The number of aromatic amines is 1. The molecule has 0 amide bonds. The van der Waals surface area contributed by atoms with Gasteiger partial charge in [-0.1, -0.05) is 6.07 Å². The van der Waals surface area contributed by atoms with Gasteiger partial charge in [-0.15, -0.1) is 12.4 Å². The molecule has 0 bridgehead atoms. The molecule has 0 aliphatic carbocycles. The van der Waals surface area contributed by atoms with Crippen LogP contribution in [0.5, 0.6) is 0 Å². The Bertz CT molecular complexity index is 1140. The summed E-state index contributed by atoms with van der Waals surface area (Å²) in [7, 11) is 0. The van der Waals surface area contributed by atoms with Crippen molar-refractivity contribution in [3.63, 3.8) is 0 Å². The van der Waals surface area contributed by atoms with Crippen molar-refractivity contribution >= 4 is 56.7 Å². The van der Waals surface area contributed by atoms with Gasteiger partial charge in [0.25, 0.3) is 5.56 Å². The Morgan fingerprint density at radius 3 is 2.73 bits per heavy atom. The summed E-state index contributed by atoms with van der Waals surface area (Å²) in [5, 5.41) is 3.00. The molecule has 1 saturated heterocycles. The van der Waals surface area contributed by atoms with Gasteiger partial charge in [-0.05, 0) is 40.5 Å². The van der Waals surface area contributed by atoms with Crippen LogP contribution in [0.15, 0.2) is 39.7 Å². The van der Waals surface area contributed by atoms with Crippen LogP contribution in [-0.2, 0) is 6.18 Å². The maximum Gasteiger partial charge on any atom is 0.416 e. The third-order valence-corrected chi connectivity index (χ3v) is 5.25. The molecule has 4 N–H and O–H groups in total. The second-order valence-electron chi connectivity index (χ2n) is 6.76. The summed E-state index contributed by atoms with van der Waals surface area (Å²) in [6.07, 6.45) is -2.25. The summed E-state index contributed by atoms with van der Waals surface area (Å²) in [5.74, 6) is 0.471. The lowest BCUT2D eigenvalue weighted by atomic mass is 10.2. The third-order valence-electron chi connectivity index (χ3n) is 4.64. The van der Waals surface area contributed by atoms with Gasteiger partial charge in [0.15, 0.2) is 0 Å². The zero-order chi connectivity index (χ0) is 20.8. The molecule has 1 aliphatic heterocycles. The van der Waals surface area contributed by atoms with Crippen LogP contribution in [0.4, 0.5) is 30.6 Å². The molecule has 0 saturated carbocycles. The van der Waals surface area contributed by atoms with Crippen LogP contribution in [0.25, 0.3) is 10.9 Å². The van der Waals surface area contributed by atoms with E-state index in [0.717, 1.165) is 18.6 Å². The number of fused-ring (bicyclic) bond motifs is 1. The highest BCUT2D eigenvalue weighted by atomic mass is 79.9. The average Bonchev–Trinajstić information content (AvgIpc) is 3.10. The molecule has 2 aromatic heterocycles. The number of pyridine rings is 1. The monoisotopic (exact) mass is 504 g/mol. The van der Waals surface area contributed by atoms with E-state index in [2.05, 4.69) is 36.2 Å². The smallest absolute Gasteiger partial charge is 0.339 e. The number of hydrogen-bond acceptors (Lipinski definition) is 6. The van der Waals surface area contributed by atoms with Crippen molar-refractivity contribution < 1.29 is 13.2 Å². The molecule has 1 atom stereocenters. The van der Waals surface area contributed by atoms with Gasteiger partial charge in [-0.25, -0.2) is 4.98 Å². The molecule has 1 aromatic carbocycles. The molecule has 4 rings (SSSR count). The molecule has 3 aromatic rings. The number of nitrogens with two attached hydrogens (primary N) is 1. The molecule has 160 valence electrons. The van der Waals surface area contributed by atoms with Crippen LogP contribution in [-0.4, -0.2) is 34.1 Å². The van der Waals surface area contributed by atoms with Crippen LogP contribution in [0.3, 0.4) is 0 Å². The lowest BCUT2D eigenvalue weighted by Crippen LogP contribution is -2.28. The molecular formula is C18H17BrClF3N6O. The first kappa shape index (κ1) is 22.3. The van der Waals surface area contributed by atoms with E-state index >= 15 is 0 Å².